The highest BCUT2D eigenvalue weighted by Gasteiger charge is 2.53. The molecule has 0 aliphatic carbocycles. The lowest BCUT2D eigenvalue weighted by atomic mass is 9.88. The molecule has 15 heteroatoms. The van der Waals surface area contributed by atoms with Crippen LogP contribution in [0.2, 0.25) is 0 Å². The van der Waals surface area contributed by atoms with Crippen LogP contribution in [-0.2, 0) is 10.5 Å². The Morgan fingerprint density at radius 2 is 2.11 bits per heavy atom. The molecule has 0 aromatic carbocycles. The third-order valence-electron chi connectivity index (χ3n) is 9.48. The van der Waals surface area contributed by atoms with Gasteiger partial charge in [-0.05, 0) is 32.4 Å². The molecule has 7 rings (SSSR count). The van der Waals surface area contributed by atoms with E-state index < -0.39 is 24.2 Å². The quantitative estimate of drug-likeness (QED) is 0.363. The molecule has 7 heterocycles. The molecule has 3 aromatic rings. The van der Waals surface area contributed by atoms with Crippen molar-refractivity contribution in [3.05, 3.63) is 45.6 Å². The van der Waals surface area contributed by atoms with Gasteiger partial charge in [0.25, 0.3) is 6.43 Å². The van der Waals surface area contributed by atoms with Crippen LogP contribution in [0, 0.1) is 11.3 Å². The van der Waals surface area contributed by atoms with Gasteiger partial charge in [-0.3, -0.25) is 9.88 Å². The van der Waals surface area contributed by atoms with Crippen LogP contribution in [-0.4, -0.2) is 76.4 Å². The number of nitrogen functional groups attached to an aromatic ring is 1. The Hall–Kier alpha value is -3.35. The van der Waals surface area contributed by atoms with E-state index in [-0.39, 0.29) is 29.0 Å². The van der Waals surface area contributed by atoms with Crippen molar-refractivity contribution >= 4 is 40.0 Å². The number of nitrogens with zero attached hydrogens (tertiary/aromatic N) is 8. The zero-order valence-electron chi connectivity index (χ0n) is 24.3. The summed E-state index contributed by atoms with van der Waals surface area (Å²) in [5.41, 5.74) is 7.41. The van der Waals surface area contributed by atoms with Crippen molar-refractivity contribution in [3.63, 3.8) is 0 Å². The van der Waals surface area contributed by atoms with Crippen molar-refractivity contribution in [2.75, 3.05) is 55.4 Å². The first-order valence-electron chi connectivity index (χ1n) is 14.6. The minimum absolute atomic E-state index is 0.103. The highest BCUT2D eigenvalue weighted by Crippen LogP contribution is 2.57. The van der Waals surface area contributed by atoms with Crippen molar-refractivity contribution in [2.45, 2.75) is 60.9 Å². The molecule has 10 nitrogen and oxygen atoms in total. The van der Waals surface area contributed by atoms with Gasteiger partial charge in [-0.25, -0.2) is 13.2 Å². The molecule has 0 radical (unpaired) electrons. The lowest BCUT2D eigenvalue weighted by molar-refractivity contribution is 0.107. The normalized spacial score (nSPS) is 24.3. The highest BCUT2D eigenvalue weighted by molar-refractivity contribution is 8.00. The number of nitrogens with two attached hydrogens (primary N) is 1. The minimum Gasteiger partial charge on any atom is -0.461 e. The van der Waals surface area contributed by atoms with Gasteiger partial charge < -0.3 is 20.3 Å². The predicted molar refractivity (Wildman–Crippen MR) is 163 cm³/mol. The maximum atomic E-state index is 14.4. The van der Waals surface area contributed by atoms with Gasteiger partial charge in [-0.15, -0.1) is 23.1 Å². The largest absolute Gasteiger partial charge is 0.461 e. The molecular weight excluding hydrogens is 612 g/mol. The second-order valence-electron chi connectivity index (χ2n) is 12.0. The molecule has 3 fully saturated rings. The zero-order valence-corrected chi connectivity index (χ0v) is 26.0. The number of anilines is 3. The number of thioether (sulfide) groups is 1. The second kappa shape index (κ2) is 10.9. The molecule has 2 N–H and O–H groups in total. The molecule has 232 valence electrons. The molecular formula is C29H32F3N9OS2. The molecule has 1 unspecified atom stereocenters. The van der Waals surface area contributed by atoms with Gasteiger partial charge >= 0.3 is 6.01 Å². The number of hydrogen-bond donors (Lipinski definition) is 1. The van der Waals surface area contributed by atoms with E-state index in [1.54, 1.807) is 42.8 Å². The zero-order chi connectivity index (χ0) is 30.8. The van der Waals surface area contributed by atoms with E-state index in [9.17, 15) is 18.4 Å². The van der Waals surface area contributed by atoms with Crippen molar-refractivity contribution in [2.24, 2.45) is 0 Å². The summed E-state index contributed by atoms with van der Waals surface area (Å²) in [4.78, 5) is 25.0. The Bertz CT molecular complexity index is 1630. The van der Waals surface area contributed by atoms with Crippen molar-refractivity contribution in [3.8, 4) is 12.1 Å². The summed E-state index contributed by atoms with van der Waals surface area (Å²) in [6.07, 6.45) is -0.0440. The Balaban J connectivity index is 1.19. The van der Waals surface area contributed by atoms with Gasteiger partial charge in [-0.1, -0.05) is 6.07 Å². The molecule has 3 atom stereocenters. The third kappa shape index (κ3) is 4.73. The summed E-state index contributed by atoms with van der Waals surface area (Å²) in [5, 5.41) is 10.3. The first-order valence-corrected chi connectivity index (χ1v) is 16.4. The highest BCUT2D eigenvalue weighted by atomic mass is 32.2. The Labute approximate surface area is 261 Å². The van der Waals surface area contributed by atoms with Crippen LogP contribution >= 0.6 is 23.1 Å². The Morgan fingerprint density at radius 3 is 2.89 bits per heavy atom. The molecule has 0 saturated carbocycles. The van der Waals surface area contributed by atoms with E-state index >= 15 is 0 Å². The summed E-state index contributed by atoms with van der Waals surface area (Å²) < 4.78 is 48.0. The average molecular weight is 644 g/mol. The molecule has 0 bridgehead atoms. The van der Waals surface area contributed by atoms with Crippen LogP contribution in [0.3, 0.4) is 0 Å². The lowest BCUT2D eigenvalue weighted by Gasteiger charge is -2.47. The van der Waals surface area contributed by atoms with Gasteiger partial charge in [0.05, 0.1) is 21.9 Å². The van der Waals surface area contributed by atoms with E-state index in [1.807, 2.05) is 4.90 Å². The number of aromatic nitrogens is 4. The van der Waals surface area contributed by atoms with Gasteiger partial charge in [-0.2, -0.15) is 20.2 Å². The van der Waals surface area contributed by atoms with Gasteiger partial charge in [0, 0.05) is 61.1 Å². The summed E-state index contributed by atoms with van der Waals surface area (Å²) in [7, 11) is 1.74. The standard InChI is InChI=1S/C29H32F3N9OS2/c1-16(18-5-3-7-35-22(18)23(31)32)39(2)25-36-26(38-27(37-25)42-15-28-6-4-8-41(28)11-17(30)9-28)40-13-29(14-40)21-19(10-33)24(34)44-20(21)12-43-29/h3,5,7,16-17,23H,4,6,8-9,11-15,34H2,1-2H3/t16?,17-,28+/m1/s1. The van der Waals surface area contributed by atoms with E-state index in [0.717, 1.165) is 35.6 Å². The monoisotopic (exact) mass is 643 g/mol. The summed E-state index contributed by atoms with van der Waals surface area (Å²) >= 11 is 3.27. The number of ether oxygens (including phenoxy) is 1. The summed E-state index contributed by atoms with van der Waals surface area (Å²) in [6, 6.07) is 5.11. The van der Waals surface area contributed by atoms with E-state index in [0.29, 0.717) is 48.1 Å². The number of hydrogen-bond acceptors (Lipinski definition) is 12. The fourth-order valence-electron chi connectivity index (χ4n) is 7.12. The molecule has 4 aliphatic heterocycles. The Kier molecular flexibility index (Phi) is 7.29. The molecule has 44 heavy (non-hydrogen) atoms. The Morgan fingerprint density at radius 1 is 1.30 bits per heavy atom. The van der Waals surface area contributed by atoms with Gasteiger partial charge in [0.2, 0.25) is 11.9 Å². The smallest absolute Gasteiger partial charge is 0.323 e. The fourth-order valence-corrected chi connectivity index (χ4v) is 9.93. The van der Waals surface area contributed by atoms with Crippen LogP contribution in [0.1, 0.15) is 65.9 Å². The van der Waals surface area contributed by atoms with Crippen LogP contribution < -0.4 is 20.3 Å². The first-order chi connectivity index (χ1) is 21.1. The molecule has 4 aliphatic rings. The van der Waals surface area contributed by atoms with Crippen LogP contribution in [0.25, 0.3) is 0 Å². The topological polar surface area (TPSA) is 120 Å². The number of alkyl halides is 3. The molecule has 0 amide bonds. The molecule has 1 spiro atoms. The minimum atomic E-state index is -2.73. The number of thiophene rings is 1. The maximum Gasteiger partial charge on any atom is 0.323 e. The lowest BCUT2D eigenvalue weighted by Crippen LogP contribution is -2.57. The number of nitriles is 1. The first kappa shape index (κ1) is 29.4. The fraction of sp³-hybridized carbons (Fsp3) is 0.552. The van der Waals surface area contributed by atoms with Crippen LogP contribution in [0.5, 0.6) is 6.01 Å². The number of halogens is 3. The molecule has 3 saturated heterocycles. The van der Waals surface area contributed by atoms with Crippen molar-refractivity contribution in [1.82, 2.24) is 24.8 Å². The van der Waals surface area contributed by atoms with E-state index in [2.05, 4.69) is 25.9 Å². The maximum absolute atomic E-state index is 14.4. The number of fused-ring (bicyclic) bond motifs is 3. The van der Waals surface area contributed by atoms with Gasteiger partial charge in [0.15, 0.2) is 0 Å². The number of pyridine rings is 1. The molecule has 3 aromatic heterocycles. The van der Waals surface area contributed by atoms with E-state index in [4.69, 9.17) is 15.5 Å². The van der Waals surface area contributed by atoms with Crippen molar-refractivity contribution in [1.29, 1.82) is 5.26 Å². The van der Waals surface area contributed by atoms with Crippen LogP contribution in [0.4, 0.5) is 30.1 Å². The SMILES string of the molecule is CC(c1cccnc1C(F)F)N(C)c1nc(OC[C@@]23CCCN2C[C@H](F)C3)nc(N2CC3(C2)SCc2sc(N)c(C#N)c23)n1. The van der Waals surface area contributed by atoms with Crippen LogP contribution in [0.15, 0.2) is 18.3 Å². The second-order valence-corrected chi connectivity index (χ2v) is 14.5. The average Bonchev–Trinajstić information content (AvgIpc) is 3.72. The summed E-state index contributed by atoms with van der Waals surface area (Å²) in [6.45, 7) is 4.41. The third-order valence-corrected chi connectivity index (χ3v) is 12.1. The van der Waals surface area contributed by atoms with E-state index in [1.165, 1.54) is 17.5 Å². The predicted octanol–water partition coefficient (Wildman–Crippen LogP) is 4.83. The van der Waals surface area contributed by atoms with Crippen molar-refractivity contribution < 1.29 is 17.9 Å². The number of rotatable bonds is 8. The van der Waals surface area contributed by atoms with Gasteiger partial charge in [0.1, 0.15) is 29.5 Å². The summed E-state index contributed by atoms with van der Waals surface area (Å²) in [5.74, 6) is 1.44.